The molecule has 6 heteroatoms. The molecule has 1 aliphatic rings. The van der Waals surface area contributed by atoms with Crippen LogP contribution in [0.15, 0.2) is 57.9 Å². The maximum atomic E-state index is 12.6. The van der Waals surface area contributed by atoms with Crippen molar-refractivity contribution in [1.82, 2.24) is 10.2 Å². The molecule has 1 saturated heterocycles. The molecule has 25 heavy (non-hydrogen) atoms. The minimum atomic E-state index is -0.110. The summed E-state index contributed by atoms with van der Waals surface area (Å²) in [6.45, 7) is 1.27. The molecular formula is C19H19BrN2O2S. The van der Waals surface area contributed by atoms with E-state index in [1.54, 1.807) is 12.1 Å². The van der Waals surface area contributed by atoms with Crippen molar-refractivity contribution in [2.24, 2.45) is 0 Å². The molecule has 1 N–H and O–H groups in total. The van der Waals surface area contributed by atoms with Gasteiger partial charge in [0.05, 0.1) is 11.1 Å². The van der Waals surface area contributed by atoms with Crippen LogP contribution in [0.5, 0.6) is 0 Å². The fourth-order valence-electron chi connectivity index (χ4n) is 2.96. The molecule has 1 fully saturated rings. The van der Waals surface area contributed by atoms with Gasteiger partial charge in [-0.3, -0.25) is 9.59 Å². The van der Waals surface area contributed by atoms with Gasteiger partial charge in [0.25, 0.3) is 11.8 Å². The molecule has 2 aromatic rings. The Kier molecular flexibility index (Phi) is 5.81. The summed E-state index contributed by atoms with van der Waals surface area (Å²) < 4.78 is 0.806. The first-order valence-corrected chi connectivity index (χ1v) is 9.43. The van der Waals surface area contributed by atoms with Crippen LogP contribution in [0.2, 0.25) is 0 Å². The third kappa shape index (κ3) is 4.25. The summed E-state index contributed by atoms with van der Waals surface area (Å²) >= 11 is 7.76. The Bertz CT molecular complexity index is 788. The van der Waals surface area contributed by atoms with E-state index in [9.17, 15) is 9.59 Å². The van der Waals surface area contributed by atoms with E-state index >= 15 is 0 Å². The number of carbonyl (C=O) groups is 2. The molecule has 1 heterocycles. The maximum absolute atomic E-state index is 12.6. The molecule has 0 aromatic heterocycles. The molecule has 0 atom stereocenters. The molecule has 2 amide bonds. The smallest absolute Gasteiger partial charge is 0.254 e. The van der Waals surface area contributed by atoms with E-state index in [2.05, 4.69) is 33.9 Å². The summed E-state index contributed by atoms with van der Waals surface area (Å²) in [6, 6.07) is 14.8. The summed E-state index contributed by atoms with van der Waals surface area (Å²) in [7, 11) is 0. The van der Waals surface area contributed by atoms with Crippen LogP contribution < -0.4 is 5.32 Å². The Balaban J connectivity index is 1.57. The second-order valence-electron chi connectivity index (χ2n) is 6.04. The Morgan fingerprint density at radius 3 is 2.24 bits per heavy atom. The Hall–Kier alpha value is -1.79. The van der Waals surface area contributed by atoms with Gasteiger partial charge in [-0.25, -0.2) is 0 Å². The van der Waals surface area contributed by atoms with Crippen molar-refractivity contribution in [3.8, 4) is 0 Å². The van der Waals surface area contributed by atoms with E-state index in [-0.39, 0.29) is 17.9 Å². The number of thiol groups is 1. The molecule has 0 aliphatic carbocycles. The maximum Gasteiger partial charge on any atom is 0.254 e. The number of halogens is 1. The average Bonchev–Trinajstić information content (AvgIpc) is 2.62. The Morgan fingerprint density at radius 1 is 1.00 bits per heavy atom. The highest BCUT2D eigenvalue weighted by Gasteiger charge is 2.26. The van der Waals surface area contributed by atoms with Gasteiger partial charge in [-0.1, -0.05) is 24.3 Å². The lowest BCUT2D eigenvalue weighted by Crippen LogP contribution is -2.46. The van der Waals surface area contributed by atoms with E-state index in [0.717, 1.165) is 17.3 Å². The lowest BCUT2D eigenvalue weighted by atomic mass is 10.0. The standard InChI is InChI=1S/C19H19BrN2O2S/c20-16-7-3-1-5-14(16)19(24)22-11-9-13(10-12-22)21-18(23)15-6-2-4-8-17(15)25/h1-8,13,25H,9-12H2,(H,21,23). The molecule has 0 spiro atoms. The molecule has 4 nitrogen and oxygen atoms in total. The van der Waals surface area contributed by atoms with Gasteiger partial charge >= 0.3 is 0 Å². The number of likely N-dealkylation sites (tertiary alicyclic amines) is 1. The number of benzene rings is 2. The lowest BCUT2D eigenvalue weighted by molar-refractivity contribution is 0.0697. The van der Waals surface area contributed by atoms with Gasteiger partial charge in [0.1, 0.15) is 0 Å². The Labute approximate surface area is 161 Å². The second-order valence-corrected chi connectivity index (χ2v) is 7.37. The summed E-state index contributed by atoms with van der Waals surface area (Å²) in [4.78, 5) is 27.5. The molecule has 0 unspecified atom stereocenters. The minimum absolute atomic E-state index is 0.0259. The van der Waals surface area contributed by atoms with E-state index in [0.29, 0.717) is 29.1 Å². The van der Waals surface area contributed by atoms with Crippen molar-refractivity contribution in [3.63, 3.8) is 0 Å². The van der Waals surface area contributed by atoms with Gasteiger partial charge in [-0.05, 0) is 53.0 Å². The summed E-state index contributed by atoms with van der Waals surface area (Å²) in [6.07, 6.45) is 1.49. The highest BCUT2D eigenvalue weighted by molar-refractivity contribution is 9.10. The van der Waals surface area contributed by atoms with Crippen molar-refractivity contribution >= 4 is 40.4 Å². The number of rotatable bonds is 3. The van der Waals surface area contributed by atoms with Crippen LogP contribution in [0.3, 0.4) is 0 Å². The van der Waals surface area contributed by atoms with Crippen LogP contribution in [-0.4, -0.2) is 35.8 Å². The van der Waals surface area contributed by atoms with Crippen LogP contribution >= 0.6 is 28.6 Å². The SMILES string of the molecule is O=C(NC1CCN(C(=O)c2ccccc2Br)CC1)c1ccccc1S. The zero-order valence-corrected chi connectivity index (χ0v) is 16.1. The zero-order chi connectivity index (χ0) is 17.8. The molecule has 3 rings (SSSR count). The summed E-state index contributed by atoms with van der Waals surface area (Å²) in [5, 5.41) is 3.05. The van der Waals surface area contributed by atoms with Gasteiger partial charge in [-0.2, -0.15) is 0 Å². The lowest BCUT2D eigenvalue weighted by Gasteiger charge is -2.32. The van der Waals surface area contributed by atoms with E-state index in [1.165, 1.54) is 0 Å². The molecule has 0 bridgehead atoms. The minimum Gasteiger partial charge on any atom is -0.349 e. The molecular weight excluding hydrogens is 400 g/mol. The normalized spacial score (nSPS) is 15.0. The molecule has 0 saturated carbocycles. The topological polar surface area (TPSA) is 49.4 Å². The van der Waals surface area contributed by atoms with Gasteiger partial charge in [-0.15, -0.1) is 12.6 Å². The molecule has 0 radical (unpaired) electrons. The first-order valence-electron chi connectivity index (χ1n) is 8.19. The fraction of sp³-hybridized carbons (Fsp3) is 0.263. The van der Waals surface area contributed by atoms with E-state index in [4.69, 9.17) is 0 Å². The predicted octanol–water partition coefficient (Wildman–Crippen LogP) is 3.77. The Morgan fingerprint density at radius 2 is 1.60 bits per heavy atom. The number of hydrogen-bond donors (Lipinski definition) is 2. The number of amides is 2. The number of nitrogens with zero attached hydrogens (tertiary/aromatic N) is 1. The predicted molar refractivity (Wildman–Crippen MR) is 104 cm³/mol. The zero-order valence-electron chi connectivity index (χ0n) is 13.6. The van der Waals surface area contributed by atoms with Crippen molar-refractivity contribution < 1.29 is 9.59 Å². The molecule has 130 valence electrons. The first-order chi connectivity index (χ1) is 12.1. The van der Waals surface area contributed by atoms with Crippen LogP contribution in [-0.2, 0) is 0 Å². The quantitative estimate of drug-likeness (QED) is 0.745. The fourth-order valence-corrected chi connectivity index (χ4v) is 3.68. The highest BCUT2D eigenvalue weighted by atomic mass is 79.9. The largest absolute Gasteiger partial charge is 0.349 e. The van der Waals surface area contributed by atoms with Gasteiger partial charge < -0.3 is 10.2 Å². The van der Waals surface area contributed by atoms with Crippen molar-refractivity contribution in [2.75, 3.05) is 13.1 Å². The van der Waals surface area contributed by atoms with Gasteiger partial charge in [0.15, 0.2) is 0 Å². The third-order valence-corrected chi connectivity index (χ3v) is 5.45. The third-order valence-electron chi connectivity index (χ3n) is 4.37. The van der Waals surface area contributed by atoms with Crippen LogP contribution in [0.25, 0.3) is 0 Å². The van der Waals surface area contributed by atoms with Crippen molar-refractivity contribution in [2.45, 2.75) is 23.8 Å². The van der Waals surface area contributed by atoms with E-state index in [1.807, 2.05) is 41.3 Å². The monoisotopic (exact) mass is 418 g/mol. The highest BCUT2D eigenvalue weighted by Crippen LogP contribution is 2.21. The second kappa shape index (κ2) is 8.06. The molecule has 2 aromatic carbocycles. The number of hydrogen-bond acceptors (Lipinski definition) is 3. The van der Waals surface area contributed by atoms with Crippen LogP contribution in [0, 0.1) is 0 Å². The van der Waals surface area contributed by atoms with Gasteiger partial charge in [0, 0.05) is 28.5 Å². The summed E-state index contributed by atoms with van der Waals surface area (Å²) in [5.74, 6) is -0.0841. The van der Waals surface area contributed by atoms with Crippen molar-refractivity contribution in [1.29, 1.82) is 0 Å². The van der Waals surface area contributed by atoms with E-state index < -0.39 is 0 Å². The first kappa shape index (κ1) is 18.0. The number of piperidine rings is 1. The van der Waals surface area contributed by atoms with Gasteiger partial charge in [0.2, 0.25) is 0 Å². The van der Waals surface area contributed by atoms with Crippen LogP contribution in [0.4, 0.5) is 0 Å². The average molecular weight is 419 g/mol. The number of nitrogens with one attached hydrogen (secondary N) is 1. The van der Waals surface area contributed by atoms with Crippen LogP contribution in [0.1, 0.15) is 33.6 Å². The summed E-state index contributed by atoms with van der Waals surface area (Å²) in [5.41, 5.74) is 1.26. The number of carbonyl (C=O) groups excluding carboxylic acids is 2. The molecule has 1 aliphatic heterocycles. The van der Waals surface area contributed by atoms with Crippen molar-refractivity contribution in [3.05, 3.63) is 64.1 Å².